The fourth-order valence-electron chi connectivity index (χ4n) is 2.46. The van der Waals surface area contributed by atoms with Crippen molar-refractivity contribution in [2.75, 3.05) is 6.79 Å². The van der Waals surface area contributed by atoms with Crippen LogP contribution in [0, 0.1) is 6.92 Å². The van der Waals surface area contributed by atoms with Gasteiger partial charge in [0.05, 0.1) is 12.2 Å². The van der Waals surface area contributed by atoms with Gasteiger partial charge < -0.3 is 14.8 Å². The quantitative estimate of drug-likeness (QED) is 0.918. The van der Waals surface area contributed by atoms with Gasteiger partial charge in [0, 0.05) is 24.3 Å². The van der Waals surface area contributed by atoms with E-state index in [1.54, 1.807) is 0 Å². The van der Waals surface area contributed by atoms with Crippen molar-refractivity contribution in [3.63, 3.8) is 0 Å². The molecule has 2 atom stereocenters. The summed E-state index contributed by atoms with van der Waals surface area (Å²) >= 11 is 0. The Balaban J connectivity index is 1.64. The molecule has 1 N–H and O–H groups in total. The first-order valence-corrected chi connectivity index (χ1v) is 7.27. The first-order valence-electron chi connectivity index (χ1n) is 7.27. The van der Waals surface area contributed by atoms with Crippen molar-refractivity contribution in [2.24, 2.45) is 0 Å². The van der Waals surface area contributed by atoms with Crippen LogP contribution in [-0.4, -0.2) is 22.6 Å². The van der Waals surface area contributed by atoms with Gasteiger partial charge in [0.1, 0.15) is 0 Å². The SMILES string of the molecule is Cc1cnn([C@H](C)[C@@H](C)NCc2cccc3c2OCO3)c1. The van der Waals surface area contributed by atoms with Crippen molar-refractivity contribution >= 4 is 0 Å². The van der Waals surface area contributed by atoms with Crippen LogP contribution >= 0.6 is 0 Å². The monoisotopic (exact) mass is 287 g/mol. The summed E-state index contributed by atoms with van der Waals surface area (Å²) in [5, 5.41) is 7.92. The predicted molar refractivity (Wildman–Crippen MR) is 80.5 cm³/mol. The highest BCUT2D eigenvalue weighted by atomic mass is 16.7. The van der Waals surface area contributed by atoms with Crippen molar-refractivity contribution in [1.82, 2.24) is 15.1 Å². The molecule has 0 bridgehead atoms. The number of aryl methyl sites for hydroxylation is 1. The minimum Gasteiger partial charge on any atom is -0.454 e. The summed E-state index contributed by atoms with van der Waals surface area (Å²) in [6.07, 6.45) is 3.96. The molecular formula is C16H21N3O2. The second kappa shape index (κ2) is 5.77. The molecule has 0 aliphatic carbocycles. The largest absolute Gasteiger partial charge is 0.454 e. The molecule has 0 radical (unpaired) electrons. The minimum absolute atomic E-state index is 0.285. The molecule has 0 unspecified atom stereocenters. The van der Waals surface area contributed by atoms with Gasteiger partial charge in [0.25, 0.3) is 0 Å². The fraction of sp³-hybridized carbons (Fsp3) is 0.438. The molecular weight excluding hydrogens is 266 g/mol. The lowest BCUT2D eigenvalue weighted by Gasteiger charge is -2.22. The number of fused-ring (bicyclic) bond motifs is 1. The smallest absolute Gasteiger partial charge is 0.231 e. The van der Waals surface area contributed by atoms with Gasteiger partial charge in [-0.2, -0.15) is 5.10 Å². The van der Waals surface area contributed by atoms with Crippen LogP contribution in [-0.2, 0) is 6.54 Å². The number of hydrogen-bond donors (Lipinski definition) is 1. The average Bonchev–Trinajstić information content (AvgIpc) is 3.12. The molecule has 5 nitrogen and oxygen atoms in total. The van der Waals surface area contributed by atoms with E-state index in [1.165, 1.54) is 5.56 Å². The second-order valence-electron chi connectivity index (χ2n) is 5.56. The predicted octanol–water partition coefficient (Wildman–Crippen LogP) is 2.66. The first kappa shape index (κ1) is 13.9. The molecule has 21 heavy (non-hydrogen) atoms. The van der Waals surface area contributed by atoms with E-state index in [2.05, 4.69) is 43.4 Å². The van der Waals surface area contributed by atoms with Crippen molar-refractivity contribution in [3.8, 4) is 11.5 Å². The number of ether oxygens (including phenoxy) is 2. The summed E-state index contributed by atoms with van der Waals surface area (Å²) in [6, 6.07) is 6.57. The number of aromatic nitrogens is 2. The minimum atomic E-state index is 0.285. The van der Waals surface area contributed by atoms with Gasteiger partial charge in [0.15, 0.2) is 11.5 Å². The zero-order valence-electron chi connectivity index (χ0n) is 12.7. The molecule has 1 aliphatic rings. The average molecular weight is 287 g/mol. The molecule has 1 aromatic heterocycles. The number of nitrogens with zero attached hydrogens (tertiary/aromatic N) is 2. The van der Waals surface area contributed by atoms with E-state index in [4.69, 9.17) is 9.47 Å². The fourth-order valence-corrected chi connectivity index (χ4v) is 2.46. The molecule has 0 amide bonds. The number of hydrogen-bond acceptors (Lipinski definition) is 4. The van der Waals surface area contributed by atoms with Crippen LogP contribution < -0.4 is 14.8 Å². The second-order valence-corrected chi connectivity index (χ2v) is 5.56. The summed E-state index contributed by atoms with van der Waals surface area (Å²) in [4.78, 5) is 0. The van der Waals surface area contributed by atoms with Crippen molar-refractivity contribution in [2.45, 2.75) is 39.4 Å². The Labute approximate surface area is 124 Å². The van der Waals surface area contributed by atoms with E-state index < -0.39 is 0 Å². The lowest BCUT2D eigenvalue weighted by Crippen LogP contribution is -2.33. The Bertz CT molecular complexity index is 624. The van der Waals surface area contributed by atoms with Crippen LogP contribution in [0.5, 0.6) is 11.5 Å². The molecule has 112 valence electrons. The van der Waals surface area contributed by atoms with Crippen molar-refractivity contribution in [3.05, 3.63) is 41.7 Å². The van der Waals surface area contributed by atoms with Crippen LogP contribution in [0.25, 0.3) is 0 Å². The molecule has 1 aliphatic heterocycles. The van der Waals surface area contributed by atoms with Crippen LogP contribution in [0.4, 0.5) is 0 Å². The van der Waals surface area contributed by atoms with Crippen LogP contribution in [0.2, 0.25) is 0 Å². The molecule has 5 heteroatoms. The Kier molecular flexibility index (Phi) is 3.84. The van der Waals surface area contributed by atoms with Gasteiger partial charge in [-0.25, -0.2) is 0 Å². The molecule has 0 spiro atoms. The van der Waals surface area contributed by atoms with Crippen molar-refractivity contribution in [1.29, 1.82) is 0 Å². The third-order valence-electron chi connectivity index (χ3n) is 3.96. The Morgan fingerprint density at radius 3 is 2.95 bits per heavy atom. The maximum Gasteiger partial charge on any atom is 0.231 e. The standard InChI is InChI=1S/C16H21N3O2/c1-11-7-18-19(9-11)13(3)12(2)17-8-14-5-4-6-15-16(14)21-10-20-15/h4-7,9,12-13,17H,8,10H2,1-3H3/t12-,13-/m1/s1. The first-order chi connectivity index (χ1) is 10.1. The van der Waals surface area contributed by atoms with E-state index in [0.29, 0.717) is 12.8 Å². The Morgan fingerprint density at radius 1 is 1.33 bits per heavy atom. The zero-order valence-corrected chi connectivity index (χ0v) is 12.7. The number of nitrogens with one attached hydrogen (secondary N) is 1. The summed E-state index contributed by atoms with van der Waals surface area (Å²) < 4.78 is 12.9. The molecule has 3 rings (SSSR count). The number of rotatable bonds is 5. The van der Waals surface area contributed by atoms with Crippen molar-refractivity contribution < 1.29 is 9.47 Å². The van der Waals surface area contributed by atoms with Crippen LogP contribution in [0.15, 0.2) is 30.6 Å². The summed E-state index contributed by atoms with van der Waals surface area (Å²) in [5.41, 5.74) is 2.31. The normalized spacial score (nSPS) is 16.0. The Morgan fingerprint density at radius 2 is 2.19 bits per heavy atom. The van der Waals surface area contributed by atoms with Crippen LogP contribution in [0.3, 0.4) is 0 Å². The maximum absolute atomic E-state index is 5.53. The highest BCUT2D eigenvalue weighted by Gasteiger charge is 2.19. The molecule has 0 saturated heterocycles. The van der Waals surface area contributed by atoms with Gasteiger partial charge in [0.2, 0.25) is 6.79 Å². The van der Waals surface area contributed by atoms with Crippen LogP contribution in [0.1, 0.15) is 31.0 Å². The molecule has 2 aromatic rings. The maximum atomic E-state index is 5.53. The number of benzene rings is 1. The zero-order chi connectivity index (χ0) is 14.8. The van der Waals surface area contributed by atoms with Gasteiger partial charge in [-0.15, -0.1) is 0 Å². The third-order valence-corrected chi connectivity index (χ3v) is 3.96. The Hall–Kier alpha value is -2.01. The van der Waals surface area contributed by atoms with Gasteiger partial charge in [-0.3, -0.25) is 4.68 Å². The molecule has 0 fully saturated rings. The highest BCUT2D eigenvalue weighted by Crippen LogP contribution is 2.35. The molecule has 0 saturated carbocycles. The summed E-state index contributed by atoms with van der Waals surface area (Å²) in [7, 11) is 0. The lowest BCUT2D eigenvalue weighted by molar-refractivity contribution is 0.173. The molecule has 2 heterocycles. The van der Waals surface area contributed by atoms with E-state index in [9.17, 15) is 0 Å². The van der Waals surface area contributed by atoms with E-state index >= 15 is 0 Å². The van der Waals surface area contributed by atoms with Gasteiger partial charge in [-0.05, 0) is 32.4 Å². The summed E-state index contributed by atoms with van der Waals surface area (Å²) in [6.45, 7) is 7.45. The van der Waals surface area contributed by atoms with E-state index in [1.807, 2.05) is 23.0 Å². The molecule has 1 aromatic carbocycles. The summed E-state index contributed by atoms with van der Waals surface area (Å²) in [5.74, 6) is 1.69. The third kappa shape index (κ3) is 2.88. The van der Waals surface area contributed by atoms with E-state index in [0.717, 1.165) is 23.6 Å². The number of para-hydroxylation sites is 1. The van der Waals surface area contributed by atoms with Gasteiger partial charge >= 0.3 is 0 Å². The van der Waals surface area contributed by atoms with Gasteiger partial charge in [-0.1, -0.05) is 12.1 Å². The topological polar surface area (TPSA) is 48.3 Å². The lowest BCUT2D eigenvalue weighted by atomic mass is 10.1. The highest BCUT2D eigenvalue weighted by molar-refractivity contribution is 5.48. The van der Waals surface area contributed by atoms with E-state index in [-0.39, 0.29) is 6.04 Å².